The van der Waals surface area contributed by atoms with Gasteiger partial charge in [0.1, 0.15) is 0 Å². The van der Waals surface area contributed by atoms with Gasteiger partial charge >= 0.3 is 0 Å². The van der Waals surface area contributed by atoms with Crippen LogP contribution in [0.1, 0.15) is 24.6 Å². The number of halogens is 1. The molecule has 0 spiro atoms. The van der Waals surface area contributed by atoms with Gasteiger partial charge in [0.25, 0.3) is 10.0 Å². The Kier molecular flexibility index (Phi) is 4.20. The molecule has 1 aromatic heterocycles. The number of nitrogens with zero attached hydrogens (tertiary/aromatic N) is 2. The standard InChI is InChI=1S/C11H18ClN3O3S/c1-7-9(6-12)11(14-13-7)19(16,17)15(3)10-4-5-18-8(10)2/h8,10H,4-6H2,1-3H3,(H,13,14). The van der Waals surface area contributed by atoms with Crippen LogP contribution in [0.25, 0.3) is 0 Å². The summed E-state index contributed by atoms with van der Waals surface area (Å²) in [4.78, 5) is 0. The molecule has 6 nitrogen and oxygen atoms in total. The Morgan fingerprint density at radius 3 is 2.79 bits per heavy atom. The molecule has 19 heavy (non-hydrogen) atoms. The smallest absolute Gasteiger partial charge is 0.262 e. The Balaban J connectivity index is 2.36. The Bertz CT molecular complexity index is 558. The zero-order valence-corrected chi connectivity index (χ0v) is 12.8. The highest BCUT2D eigenvalue weighted by atomic mass is 35.5. The summed E-state index contributed by atoms with van der Waals surface area (Å²) in [6.07, 6.45) is 0.579. The first kappa shape index (κ1) is 14.8. The van der Waals surface area contributed by atoms with Crippen molar-refractivity contribution in [3.05, 3.63) is 11.3 Å². The number of likely N-dealkylation sites (N-methyl/N-ethyl adjacent to an activating group) is 1. The van der Waals surface area contributed by atoms with E-state index in [-0.39, 0.29) is 23.1 Å². The summed E-state index contributed by atoms with van der Waals surface area (Å²) in [5, 5.41) is 6.59. The van der Waals surface area contributed by atoms with Crippen LogP contribution in [0.2, 0.25) is 0 Å². The van der Waals surface area contributed by atoms with Crippen LogP contribution in [0.4, 0.5) is 0 Å². The van der Waals surface area contributed by atoms with E-state index in [2.05, 4.69) is 10.2 Å². The summed E-state index contributed by atoms with van der Waals surface area (Å²) in [6.45, 7) is 4.21. The van der Waals surface area contributed by atoms with Crippen molar-refractivity contribution in [3.63, 3.8) is 0 Å². The van der Waals surface area contributed by atoms with Crippen molar-refractivity contribution < 1.29 is 13.2 Å². The van der Waals surface area contributed by atoms with Crippen molar-refractivity contribution in [3.8, 4) is 0 Å². The maximum atomic E-state index is 12.6. The van der Waals surface area contributed by atoms with Crippen molar-refractivity contribution in [2.75, 3.05) is 13.7 Å². The summed E-state index contributed by atoms with van der Waals surface area (Å²) in [5.74, 6) is 0.113. The molecule has 1 aliphatic rings. The predicted molar refractivity (Wildman–Crippen MR) is 71.6 cm³/mol. The van der Waals surface area contributed by atoms with E-state index in [1.807, 2.05) is 6.92 Å². The molecule has 0 radical (unpaired) electrons. The quantitative estimate of drug-likeness (QED) is 0.850. The molecular formula is C11H18ClN3O3S. The number of H-pyrrole nitrogens is 1. The van der Waals surface area contributed by atoms with Gasteiger partial charge in [0, 0.05) is 24.9 Å². The molecule has 1 fully saturated rings. The van der Waals surface area contributed by atoms with Gasteiger partial charge in [0.15, 0.2) is 5.03 Å². The minimum absolute atomic E-state index is 0.0154. The average Bonchev–Trinajstić information content (AvgIpc) is 2.94. The average molecular weight is 308 g/mol. The number of hydrogen-bond donors (Lipinski definition) is 1. The van der Waals surface area contributed by atoms with Crippen LogP contribution >= 0.6 is 11.6 Å². The van der Waals surface area contributed by atoms with Crippen LogP contribution < -0.4 is 0 Å². The molecule has 2 rings (SSSR count). The molecule has 1 saturated heterocycles. The number of sulfonamides is 1. The molecule has 0 aliphatic carbocycles. The van der Waals surface area contributed by atoms with Gasteiger partial charge in [-0.25, -0.2) is 8.42 Å². The van der Waals surface area contributed by atoms with Gasteiger partial charge in [-0.1, -0.05) is 0 Å². The first-order chi connectivity index (χ1) is 8.89. The number of alkyl halides is 1. The van der Waals surface area contributed by atoms with Gasteiger partial charge < -0.3 is 4.74 Å². The lowest BCUT2D eigenvalue weighted by Gasteiger charge is -2.25. The summed E-state index contributed by atoms with van der Waals surface area (Å²) < 4.78 is 31.9. The highest BCUT2D eigenvalue weighted by molar-refractivity contribution is 7.89. The normalized spacial score (nSPS) is 24.3. The number of aromatic amines is 1. The minimum atomic E-state index is -3.65. The van der Waals surface area contributed by atoms with Gasteiger partial charge in [-0.3, -0.25) is 5.10 Å². The van der Waals surface area contributed by atoms with Crippen LogP contribution in [-0.2, 0) is 20.6 Å². The Hall–Kier alpha value is -0.630. The van der Waals surface area contributed by atoms with E-state index >= 15 is 0 Å². The van der Waals surface area contributed by atoms with Crippen molar-refractivity contribution in [2.45, 2.75) is 43.3 Å². The predicted octanol–water partition coefficient (Wildman–Crippen LogP) is 1.25. The van der Waals surface area contributed by atoms with Gasteiger partial charge in [-0.2, -0.15) is 9.40 Å². The van der Waals surface area contributed by atoms with Crippen LogP contribution in [-0.4, -0.2) is 48.7 Å². The Morgan fingerprint density at radius 2 is 2.26 bits per heavy atom. The topological polar surface area (TPSA) is 75.3 Å². The Morgan fingerprint density at radius 1 is 1.58 bits per heavy atom. The molecule has 108 valence electrons. The molecule has 0 bridgehead atoms. The van der Waals surface area contributed by atoms with Gasteiger partial charge in [-0.15, -0.1) is 11.6 Å². The molecule has 0 saturated carbocycles. The van der Waals surface area contributed by atoms with Crippen molar-refractivity contribution in [2.24, 2.45) is 0 Å². The molecule has 2 heterocycles. The minimum Gasteiger partial charge on any atom is -0.377 e. The molecule has 2 atom stereocenters. The van der Waals surface area contributed by atoms with E-state index in [1.165, 1.54) is 4.31 Å². The van der Waals surface area contributed by atoms with E-state index < -0.39 is 10.0 Å². The monoisotopic (exact) mass is 307 g/mol. The number of rotatable bonds is 4. The second-order valence-corrected chi connectivity index (χ2v) is 6.90. The molecule has 0 aromatic carbocycles. The van der Waals surface area contributed by atoms with Crippen molar-refractivity contribution >= 4 is 21.6 Å². The summed E-state index contributed by atoms with van der Waals surface area (Å²) in [7, 11) is -2.09. The number of nitrogens with one attached hydrogen (secondary N) is 1. The molecule has 0 amide bonds. The number of aromatic nitrogens is 2. The lowest BCUT2D eigenvalue weighted by molar-refractivity contribution is 0.102. The summed E-state index contributed by atoms with van der Waals surface area (Å²) >= 11 is 5.81. The maximum Gasteiger partial charge on any atom is 0.262 e. The fourth-order valence-electron chi connectivity index (χ4n) is 2.31. The zero-order chi connectivity index (χ0) is 14.2. The second-order valence-electron chi connectivity index (χ2n) is 4.72. The van der Waals surface area contributed by atoms with Crippen LogP contribution in [0.15, 0.2) is 5.03 Å². The third-order valence-corrected chi connectivity index (χ3v) is 5.72. The SMILES string of the molecule is Cc1[nH]nc(S(=O)(=O)N(C)C2CCOC2C)c1CCl. The van der Waals surface area contributed by atoms with Crippen LogP contribution in [0.3, 0.4) is 0 Å². The highest BCUT2D eigenvalue weighted by Crippen LogP contribution is 2.27. The molecule has 2 unspecified atom stereocenters. The molecule has 1 aliphatic heterocycles. The molecule has 1 N–H and O–H groups in total. The second kappa shape index (κ2) is 5.40. The van der Waals surface area contributed by atoms with Crippen LogP contribution in [0.5, 0.6) is 0 Å². The third kappa shape index (κ3) is 2.52. The van der Waals surface area contributed by atoms with Crippen molar-refractivity contribution in [1.29, 1.82) is 0 Å². The van der Waals surface area contributed by atoms with E-state index in [9.17, 15) is 8.42 Å². The third-order valence-electron chi connectivity index (χ3n) is 3.60. The first-order valence-electron chi connectivity index (χ1n) is 6.09. The van der Waals surface area contributed by atoms with Gasteiger partial charge in [0.05, 0.1) is 18.0 Å². The molecule has 1 aromatic rings. The molecule has 8 heteroatoms. The largest absolute Gasteiger partial charge is 0.377 e. The molecular weight excluding hydrogens is 290 g/mol. The van der Waals surface area contributed by atoms with E-state index in [0.29, 0.717) is 24.3 Å². The van der Waals surface area contributed by atoms with E-state index in [0.717, 1.165) is 0 Å². The zero-order valence-electron chi connectivity index (χ0n) is 11.2. The lowest BCUT2D eigenvalue weighted by Crippen LogP contribution is -2.41. The number of aryl methyl sites for hydroxylation is 1. The highest BCUT2D eigenvalue weighted by Gasteiger charge is 2.37. The van der Waals surface area contributed by atoms with Crippen molar-refractivity contribution in [1.82, 2.24) is 14.5 Å². The lowest BCUT2D eigenvalue weighted by atomic mass is 10.2. The first-order valence-corrected chi connectivity index (χ1v) is 8.06. The maximum absolute atomic E-state index is 12.6. The Labute approximate surface area is 118 Å². The number of hydrogen-bond acceptors (Lipinski definition) is 4. The summed E-state index contributed by atoms with van der Waals surface area (Å²) in [6, 6.07) is -0.162. The number of ether oxygens (including phenoxy) is 1. The fourth-order valence-corrected chi connectivity index (χ4v) is 4.32. The van der Waals surface area contributed by atoms with E-state index in [1.54, 1.807) is 14.0 Å². The van der Waals surface area contributed by atoms with E-state index in [4.69, 9.17) is 16.3 Å². The summed E-state index contributed by atoms with van der Waals surface area (Å²) in [5.41, 5.74) is 1.21. The fraction of sp³-hybridized carbons (Fsp3) is 0.727. The van der Waals surface area contributed by atoms with Crippen LogP contribution in [0, 0.1) is 6.92 Å². The van der Waals surface area contributed by atoms with Gasteiger partial charge in [0.2, 0.25) is 0 Å². The van der Waals surface area contributed by atoms with Gasteiger partial charge in [-0.05, 0) is 20.3 Å².